The number of ketones is 1. The van der Waals surface area contributed by atoms with Gasteiger partial charge in [-0.05, 0) is 72.1 Å². The van der Waals surface area contributed by atoms with Crippen LogP contribution in [0.2, 0.25) is 0 Å². The number of halogens is 3. The minimum absolute atomic E-state index is 0.139. The van der Waals surface area contributed by atoms with E-state index in [9.17, 15) is 4.79 Å². The van der Waals surface area contributed by atoms with Crippen molar-refractivity contribution in [3.05, 3.63) is 49.5 Å². The second-order valence-corrected chi connectivity index (χ2v) is 7.56. The number of thiocarbonyl (C=S) groups is 1. The minimum Gasteiger partial charge on any atom is -0.332 e. The van der Waals surface area contributed by atoms with Crippen LogP contribution in [0.5, 0.6) is 0 Å². The van der Waals surface area contributed by atoms with E-state index >= 15 is 0 Å². The van der Waals surface area contributed by atoms with Crippen LogP contribution in [0.4, 0.5) is 5.69 Å². The van der Waals surface area contributed by atoms with E-state index in [0.29, 0.717) is 43.1 Å². The topological polar surface area (TPSA) is 44.7 Å². The highest BCUT2D eigenvalue weighted by Crippen LogP contribution is 2.37. The van der Waals surface area contributed by atoms with Crippen LogP contribution in [0.25, 0.3) is 0 Å². The van der Waals surface area contributed by atoms with Gasteiger partial charge in [-0.1, -0.05) is 18.2 Å². The van der Waals surface area contributed by atoms with Gasteiger partial charge in [0.25, 0.3) is 0 Å². The number of rotatable bonds is 1. The van der Waals surface area contributed by atoms with Crippen LogP contribution in [0.15, 0.2) is 54.5 Å². The van der Waals surface area contributed by atoms with Crippen molar-refractivity contribution in [3.63, 3.8) is 0 Å². The van der Waals surface area contributed by atoms with Gasteiger partial charge >= 0.3 is 0 Å². The number of carbonyl (C=O) groups is 1. The molecule has 8 heteroatoms. The Bertz CT molecular complexity index is 786. The summed E-state index contributed by atoms with van der Waals surface area (Å²) in [4.78, 5) is 18.7. The number of nitrogens with one attached hydrogen (secondary N) is 1. The quantitative estimate of drug-likeness (QED) is 0.443. The van der Waals surface area contributed by atoms with E-state index in [0.717, 1.165) is 5.69 Å². The number of para-hydroxylation sites is 1. The van der Waals surface area contributed by atoms with Crippen molar-refractivity contribution < 1.29 is 4.79 Å². The Morgan fingerprint density at radius 3 is 2.52 bits per heavy atom. The molecule has 1 aliphatic heterocycles. The maximum absolute atomic E-state index is 12.3. The summed E-state index contributed by atoms with van der Waals surface area (Å²) in [6.07, 6.45) is 0. The number of hydrogen-bond donors (Lipinski definition) is 1. The molecule has 1 aromatic rings. The fourth-order valence-electron chi connectivity index (χ4n) is 2.30. The van der Waals surface area contributed by atoms with Gasteiger partial charge in [-0.3, -0.25) is 9.79 Å². The molecule has 0 radical (unpaired) electrons. The predicted octanol–water partition coefficient (Wildman–Crippen LogP) is 4.33. The Labute approximate surface area is 164 Å². The number of carbonyl (C=O) groups excluding carboxylic acids is 1. The number of fused-ring (bicyclic) bond motifs is 1. The van der Waals surface area contributed by atoms with Crippen molar-refractivity contribution in [2.24, 2.45) is 4.99 Å². The zero-order valence-corrected chi connectivity index (χ0v) is 17.2. The summed E-state index contributed by atoms with van der Waals surface area (Å²) in [5.41, 5.74) is 2.30. The molecule has 0 amide bonds. The summed E-state index contributed by atoms with van der Waals surface area (Å²) in [7, 11) is 0. The number of hydrogen-bond acceptors (Lipinski definition) is 3. The first kappa shape index (κ1) is 17.0. The van der Waals surface area contributed by atoms with E-state index in [1.807, 2.05) is 35.2 Å². The van der Waals surface area contributed by atoms with Gasteiger partial charge in [0.2, 0.25) is 5.78 Å². The van der Waals surface area contributed by atoms with Crippen molar-refractivity contribution >= 4 is 82.3 Å². The van der Waals surface area contributed by atoms with Gasteiger partial charge in [0, 0.05) is 12.2 Å². The van der Waals surface area contributed by atoms with Crippen LogP contribution < -0.4 is 5.32 Å². The molecule has 0 spiro atoms. The third-order valence-corrected chi connectivity index (χ3v) is 6.48. The molecule has 0 unspecified atom stereocenters. The molecule has 0 fully saturated rings. The second-order valence-electron chi connectivity index (χ2n) is 4.80. The third-order valence-electron chi connectivity index (χ3n) is 3.37. The van der Waals surface area contributed by atoms with E-state index in [1.165, 1.54) is 0 Å². The molecule has 1 heterocycles. The summed E-state index contributed by atoms with van der Waals surface area (Å²) in [5.74, 6) is -0.139. The van der Waals surface area contributed by atoms with Crippen LogP contribution in [0, 0.1) is 0 Å². The number of allylic oxidation sites excluding steroid dienone is 3. The van der Waals surface area contributed by atoms with Crippen molar-refractivity contribution in [2.75, 3.05) is 18.4 Å². The summed E-state index contributed by atoms with van der Waals surface area (Å²) in [6, 6.07) is 9.69. The molecular formula is C15H10Br3N3OS. The van der Waals surface area contributed by atoms with Crippen molar-refractivity contribution in [1.29, 1.82) is 0 Å². The van der Waals surface area contributed by atoms with Gasteiger partial charge in [0.1, 0.15) is 0 Å². The van der Waals surface area contributed by atoms with E-state index in [4.69, 9.17) is 12.2 Å². The molecule has 4 nitrogen and oxygen atoms in total. The highest BCUT2D eigenvalue weighted by atomic mass is 79.9. The highest BCUT2D eigenvalue weighted by Gasteiger charge is 2.35. The molecular weight excluding hydrogens is 510 g/mol. The highest BCUT2D eigenvalue weighted by molar-refractivity contribution is 9.15. The number of benzene rings is 1. The molecule has 0 saturated carbocycles. The molecule has 0 saturated heterocycles. The second kappa shape index (κ2) is 6.96. The summed E-state index contributed by atoms with van der Waals surface area (Å²) in [5, 5.41) is 3.73. The minimum atomic E-state index is -0.139. The maximum atomic E-state index is 12.3. The molecule has 0 bridgehead atoms. The van der Waals surface area contributed by atoms with E-state index in [2.05, 4.69) is 58.1 Å². The van der Waals surface area contributed by atoms with E-state index in [1.54, 1.807) is 0 Å². The molecule has 0 atom stereocenters. The number of aliphatic imine (C=N–C) groups is 1. The van der Waals surface area contributed by atoms with Crippen molar-refractivity contribution in [3.8, 4) is 0 Å². The number of Topliss-reactive ketones (excluding diaryl/α,β-unsaturated/α-hetero) is 1. The Morgan fingerprint density at radius 2 is 1.83 bits per heavy atom. The SMILES string of the molecule is O=C1C(Br)=C(Br)C2=NCCN(C(=S)Nc3ccccc3)C2=C1Br. The zero-order chi connectivity index (χ0) is 16.6. The Kier molecular flexibility index (Phi) is 5.15. The first-order chi connectivity index (χ1) is 11.0. The molecule has 0 aromatic heterocycles. The van der Waals surface area contributed by atoms with Crippen molar-refractivity contribution in [1.82, 2.24) is 4.90 Å². The summed E-state index contributed by atoms with van der Waals surface area (Å²) >= 11 is 15.7. The van der Waals surface area contributed by atoms with Gasteiger partial charge < -0.3 is 10.2 Å². The van der Waals surface area contributed by atoms with E-state index < -0.39 is 0 Å². The average molecular weight is 520 g/mol. The first-order valence-electron chi connectivity index (χ1n) is 6.69. The monoisotopic (exact) mass is 517 g/mol. The molecule has 118 valence electrons. The molecule has 3 rings (SSSR count). The van der Waals surface area contributed by atoms with Gasteiger partial charge in [-0.25, -0.2) is 0 Å². The third kappa shape index (κ3) is 3.22. The average Bonchev–Trinajstić information content (AvgIpc) is 2.58. The first-order valence-corrected chi connectivity index (χ1v) is 9.48. The van der Waals surface area contributed by atoms with Crippen LogP contribution in [-0.4, -0.2) is 34.6 Å². The molecule has 1 aromatic carbocycles. The summed E-state index contributed by atoms with van der Waals surface area (Å²) in [6.45, 7) is 1.21. The lowest BCUT2D eigenvalue weighted by molar-refractivity contribution is -0.111. The Hall–Kier alpha value is -0.830. The van der Waals surface area contributed by atoms with Gasteiger partial charge in [0.15, 0.2) is 5.11 Å². The Balaban J connectivity index is 1.95. The van der Waals surface area contributed by atoms with Crippen LogP contribution >= 0.6 is 60.0 Å². The summed E-state index contributed by atoms with van der Waals surface area (Å²) < 4.78 is 1.55. The van der Waals surface area contributed by atoms with Crippen LogP contribution in [0.3, 0.4) is 0 Å². The normalized spacial score (nSPS) is 18.0. The van der Waals surface area contributed by atoms with E-state index in [-0.39, 0.29) is 5.78 Å². The standard InChI is InChI=1S/C15H10Br3N3OS/c16-9-10(17)14(22)11(18)13-12(9)19-6-7-21(13)15(23)20-8-4-2-1-3-5-8/h1-5H,6-7H2,(H,20,23). The zero-order valence-electron chi connectivity index (χ0n) is 11.6. The molecule has 2 aliphatic rings. The predicted molar refractivity (Wildman–Crippen MR) is 108 cm³/mol. The maximum Gasteiger partial charge on any atom is 0.210 e. The Morgan fingerprint density at radius 1 is 1.13 bits per heavy atom. The number of anilines is 1. The lowest BCUT2D eigenvalue weighted by atomic mass is 10.1. The van der Waals surface area contributed by atoms with Crippen molar-refractivity contribution in [2.45, 2.75) is 0 Å². The smallest absolute Gasteiger partial charge is 0.210 e. The lowest BCUT2D eigenvalue weighted by Gasteiger charge is -2.34. The molecule has 1 aliphatic carbocycles. The molecule has 23 heavy (non-hydrogen) atoms. The van der Waals surface area contributed by atoms with Gasteiger partial charge in [-0.2, -0.15) is 0 Å². The lowest BCUT2D eigenvalue weighted by Crippen LogP contribution is -2.43. The molecule has 1 N–H and O–H groups in total. The number of nitrogens with zero attached hydrogens (tertiary/aromatic N) is 2. The van der Waals surface area contributed by atoms with Crippen LogP contribution in [0.1, 0.15) is 0 Å². The largest absolute Gasteiger partial charge is 0.332 e. The fraction of sp³-hybridized carbons (Fsp3) is 0.133. The van der Waals surface area contributed by atoms with Gasteiger partial charge in [0.05, 0.1) is 31.4 Å². The van der Waals surface area contributed by atoms with Crippen LogP contribution in [-0.2, 0) is 4.79 Å². The fourth-order valence-corrected chi connectivity index (χ4v) is 4.34. The van der Waals surface area contributed by atoms with Gasteiger partial charge in [-0.15, -0.1) is 0 Å².